The highest BCUT2D eigenvalue weighted by Crippen LogP contribution is 2.32. The topological polar surface area (TPSA) is 42.1 Å². The molecule has 1 aromatic heterocycles. The summed E-state index contributed by atoms with van der Waals surface area (Å²) in [5.41, 5.74) is 8.12. The number of aromatic nitrogens is 1. The number of hydrogen-bond donors (Lipinski definition) is 1. The van der Waals surface area contributed by atoms with E-state index in [0.29, 0.717) is 5.25 Å². The summed E-state index contributed by atoms with van der Waals surface area (Å²) >= 11 is 2.04. The van der Waals surface area contributed by atoms with E-state index in [1.165, 1.54) is 11.4 Å². The van der Waals surface area contributed by atoms with Crippen LogP contribution in [0, 0.1) is 0 Å². The van der Waals surface area contributed by atoms with Crippen LogP contribution in [0.25, 0.3) is 10.8 Å². The van der Waals surface area contributed by atoms with Gasteiger partial charge in [-0.2, -0.15) is 11.8 Å². The maximum absolute atomic E-state index is 6.03. The highest BCUT2D eigenvalue weighted by molar-refractivity contribution is 8.00. The molecule has 2 N–H and O–H groups in total. The van der Waals surface area contributed by atoms with Crippen LogP contribution in [0.15, 0.2) is 30.6 Å². The number of nitrogens with zero attached hydrogens (tertiary/aromatic N) is 2. The molecule has 3 rings (SSSR count). The van der Waals surface area contributed by atoms with Gasteiger partial charge in [-0.1, -0.05) is 6.92 Å². The molecule has 4 heteroatoms. The van der Waals surface area contributed by atoms with Crippen molar-refractivity contribution in [1.29, 1.82) is 0 Å². The second kappa shape index (κ2) is 4.69. The summed E-state index contributed by atoms with van der Waals surface area (Å²) in [6, 6.07) is 6.13. The van der Waals surface area contributed by atoms with Crippen molar-refractivity contribution in [1.82, 2.24) is 4.98 Å². The Morgan fingerprint density at radius 2 is 2.22 bits per heavy atom. The molecule has 2 aromatic rings. The average molecular weight is 259 g/mol. The first kappa shape index (κ1) is 11.7. The van der Waals surface area contributed by atoms with Gasteiger partial charge in [0.2, 0.25) is 0 Å². The lowest BCUT2D eigenvalue weighted by Crippen LogP contribution is -2.36. The summed E-state index contributed by atoms with van der Waals surface area (Å²) in [6.45, 7) is 4.48. The number of anilines is 2. The van der Waals surface area contributed by atoms with Crippen LogP contribution in [-0.2, 0) is 0 Å². The number of thioether (sulfide) groups is 1. The van der Waals surface area contributed by atoms with Crippen molar-refractivity contribution in [3.63, 3.8) is 0 Å². The standard InChI is InChI=1S/C14H17N3S/c1-10-9-17(6-7-18-10)14-3-2-13(15)11-4-5-16-8-12(11)14/h2-5,8,10H,6-7,9,15H2,1H3. The quantitative estimate of drug-likeness (QED) is 0.800. The van der Waals surface area contributed by atoms with Gasteiger partial charge >= 0.3 is 0 Å². The van der Waals surface area contributed by atoms with Gasteiger partial charge in [-0.25, -0.2) is 0 Å². The molecule has 1 saturated heterocycles. The molecule has 0 amide bonds. The number of rotatable bonds is 1. The zero-order valence-corrected chi connectivity index (χ0v) is 11.3. The van der Waals surface area contributed by atoms with E-state index in [4.69, 9.17) is 5.73 Å². The number of nitrogens with two attached hydrogens (primary N) is 1. The van der Waals surface area contributed by atoms with Crippen molar-refractivity contribution >= 4 is 33.9 Å². The molecule has 18 heavy (non-hydrogen) atoms. The van der Waals surface area contributed by atoms with E-state index in [9.17, 15) is 0 Å². The maximum atomic E-state index is 6.03. The molecule has 0 saturated carbocycles. The van der Waals surface area contributed by atoms with Crippen molar-refractivity contribution in [3.05, 3.63) is 30.6 Å². The molecule has 0 radical (unpaired) electrons. The Morgan fingerprint density at radius 3 is 3.06 bits per heavy atom. The number of fused-ring (bicyclic) bond motifs is 1. The van der Waals surface area contributed by atoms with Crippen LogP contribution in [0.5, 0.6) is 0 Å². The average Bonchev–Trinajstić information content (AvgIpc) is 2.39. The Bertz CT molecular complexity index is 570. The molecule has 0 spiro atoms. The van der Waals surface area contributed by atoms with E-state index >= 15 is 0 Å². The SMILES string of the molecule is CC1CN(c2ccc(N)c3ccncc23)CCS1. The molecule has 0 aliphatic carbocycles. The molecule has 1 unspecified atom stereocenters. The summed E-state index contributed by atoms with van der Waals surface area (Å²) < 4.78 is 0. The number of nitrogen functional groups attached to an aromatic ring is 1. The van der Waals surface area contributed by atoms with Gasteiger partial charge in [0.05, 0.1) is 0 Å². The van der Waals surface area contributed by atoms with Gasteiger partial charge in [0.15, 0.2) is 0 Å². The number of benzene rings is 1. The zero-order chi connectivity index (χ0) is 12.5. The van der Waals surface area contributed by atoms with Gasteiger partial charge in [-0.05, 0) is 18.2 Å². The third kappa shape index (κ3) is 2.01. The van der Waals surface area contributed by atoms with Gasteiger partial charge in [-0.3, -0.25) is 4.98 Å². The van der Waals surface area contributed by atoms with Crippen molar-refractivity contribution in [2.24, 2.45) is 0 Å². The first-order valence-corrected chi connectivity index (χ1v) is 7.29. The summed E-state index contributed by atoms with van der Waals surface area (Å²) in [7, 11) is 0. The zero-order valence-electron chi connectivity index (χ0n) is 10.5. The van der Waals surface area contributed by atoms with Crippen molar-refractivity contribution in [3.8, 4) is 0 Å². The lowest BCUT2D eigenvalue weighted by Gasteiger charge is -2.33. The predicted molar refractivity (Wildman–Crippen MR) is 80.3 cm³/mol. The van der Waals surface area contributed by atoms with Crippen LogP contribution >= 0.6 is 11.8 Å². The Hall–Kier alpha value is -1.42. The minimum atomic E-state index is 0.683. The molecule has 94 valence electrons. The van der Waals surface area contributed by atoms with E-state index in [2.05, 4.69) is 22.9 Å². The molecule has 0 bridgehead atoms. The van der Waals surface area contributed by atoms with Crippen LogP contribution in [-0.4, -0.2) is 29.1 Å². The largest absolute Gasteiger partial charge is 0.398 e. The van der Waals surface area contributed by atoms with E-state index < -0.39 is 0 Å². The molecule has 3 nitrogen and oxygen atoms in total. The van der Waals surface area contributed by atoms with Crippen molar-refractivity contribution < 1.29 is 0 Å². The Morgan fingerprint density at radius 1 is 1.33 bits per heavy atom. The molecule has 1 aromatic carbocycles. The van der Waals surface area contributed by atoms with Gasteiger partial charge < -0.3 is 10.6 Å². The third-order valence-electron chi connectivity index (χ3n) is 3.41. The predicted octanol–water partition coefficient (Wildman–Crippen LogP) is 2.76. The third-order valence-corrected chi connectivity index (χ3v) is 4.55. The molecule has 2 heterocycles. The van der Waals surface area contributed by atoms with Gasteiger partial charge in [0.25, 0.3) is 0 Å². The monoisotopic (exact) mass is 259 g/mol. The van der Waals surface area contributed by atoms with Crippen molar-refractivity contribution in [2.75, 3.05) is 29.5 Å². The molecule has 1 atom stereocenters. The smallest absolute Gasteiger partial charge is 0.0463 e. The van der Waals surface area contributed by atoms with Crippen LogP contribution in [0.4, 0.5) is 11.4 Å². The minimum absolute atomic E-state index is 0.683. The fraction of sp³-hybridized carbons (Fsp3) is 0.357. The minimum Gasteiger partial charge on any atom is -0.398 e. The van der Waals surface area contributed by atoms with Crippen LogP contribution in [0.1, 0.15) is 6.92 Å². The molecular formula is C14H17N3S. The molecule has 1 aliphatic heterocycles. The molecule has 1 aliphatic rings. The second-order valence-corrected chi connectivity index (χ2v) is 6.27. The Kier molecular flexibility index (Phi) is 3.04. The summed E-state index contributed by atoms with van der Waals surface area (Å²) in [4.78, 5) is 6.69. The fourth-order valence-corrected chi connectivity index (χ4v) is 3.53. The summed E-state index contributed by atoms with van der Waals surface area (Å²) in [5.74, 6) is 1.19. The van der Waals surface area contributed by atoms with Crippen LogP contribution in [0.2, 0.25) is 0 Å². The number of pyridine rings is 1. The Labute approximate surface area is 111 Å². The van der Waals surface area contributed by atoms with E-state index in [1.807, 2.05) is 30.1 Å². The van der Waals surface area contributed by atoms with E-state index in [0.717, 1.165) is 29.5 Å². The first-order valence-electron chi connectivity index (χ1n) is 6.24. The highest BCUT2D eigenvalue weighted by Gasteiger charge is 2.19. The highest BCUT2D eigenvalue weighted by atomic mass is 32.2. The lowest BCUT2D eigenvalue weighted by atomic mass is 10.1. The van der Waals surface area contributed by atoms with Crippen LogP contribution < -0.4 is 10.6 Å². The van der Waals surface area contributed by atoms with Crippen LogP contribution in [0.3, 0.4) is 0 Å². The molecular weight excluding hydrogens is 242 g/mol. The second-order valence-electron chi connectivity index (χ2n) is 4.72. The van der Waals surface area contributed by atoms with Gasteiger partial charge in [-0.15, -0.1) is 0 Å². The maximum Gasteiger partial charge on any atom is 0.0463 e. The van der Waals surface area contributed by atoms with E-state index in [1.54, 1.807) is 6.20 Å². The summed E-state index contributed by atoms with van der Waals surface area (Å²) in [5, 5.41) is 2.95. The van der Waals surface area contributed by atoms with E-state index in [-0.39, 0.29) is 0 Å². The Balaban J connectivity index is 2.09. The van der Waals surface area contributed by atoms with Crippen molar-refractivity contribution in [2.45, 2.75) is 12.2 Å². The lowest BCUT2D eigenvalue weighted by molar-refractivity contribution is 0.786. The first-order chi connectivity index (χ1) is 8.75. The normalized spacial score (nSPS) is 20.3. The fourth-order valence-electron chi connectivity index (χ4n) is 2.51. The summed E-state index contributed by atoms with van der Waals surface area (Å²) in [6.07, 6.45) is 3.73. The number of hydrogen-bond acceptors (Lipinski definition) is 4. The van der Waals surface area contributed by atoms with Gasteiger partial charge in [0, 0.05) is 58.6 Å². The molecule has 1 fully saturated rings. The van der Waals surface area contributed by atoms with Gasteiger partial charge in [0.1, 0.15) is 0 Å².